The summed E-state index contributed by atoms with van der Waals surface area (Å²) in [6.45, 7) is 2.10. The van der Waals surface area contributed by atoms with E-state index >= 15 is 0 Å². The lowest BCUT2D eigenvalue weighted by molar-refractivity contribution is 0.102. The third-order valence-electron chi connectivity index (χ3n) is 5.06. The topological polar surface area (TPSA) is 102 Å². The summed E-state index contributed by atoms with van der Waals surface area (Å²) in [4.78, 5) is 17.8. The molecule has 0 atom stereocenters. The summed E-state index contributed by atoms with van der Waals surface area (Å²) in [5.41, 5.74) is 4.52. The molecule has 31 heavy (non-hydrogen) atoms. The minimum atomic E-state index is -3.79. The predicted molar refractivity (Wildman–Crippen MR) is 122 cm³/mol. The van der Waals surface area contributed by atoms with Crippen LogP contribution in [0.1, 0.15) is 22.8 Å². The highest BCUT2D eigenvalue weighted by molar-refractivity contribution is 7.89. The lowest BCUT2D eigenvalue weighted by atomic mass is 10.0. The van der Waals surface area contributed by atoms with Gasteiger partial charge in [-0.05, 0) is 48.4 Å². The molecule has 0 saturated carbocycles. The van der Waals surface area contributed by atoms with Crippen molar-refractivity contribution >= 4 is 32.5 Å². The molecule has 3 aromatic carbocycles. The van der Waals surface area contributed by atoms with Crippen LogP contribution in [0.25, 0.3) is 22.2 Å². The highest BCUT2D eigenvalue weighted by atomic mass is 32.2. The maximum Gasteiger partial charge on any atom is 0.256 e. The number of anilines is 1. The van der Waals surface area contributed by atoms with Gasteiger partial charge in [0.2, 0.25) is 10.0 Å². The molecule has 1 heterocycles. The molecule has 0 saturated heterocycles. The van der Waals surface area contributed by atoms with Crippen molar-refractivity contribution in [3.05, 3.63) is 90.0 Å². The van der Waals surface area contributed by atoms with Crippen molar-refractivity contribution in [3.8, 4) is 11.3 Å². The first-order valence-corrected chi connectivity index (χ1v) is 11.3. The molecule has 0 aliphatic heterocycles. The number of sulfonamides is 1. The van der Waals surface area contributed by atoms with Gasteiger partial charge in [0.25, 0.3) is 5.91 Å². The van der Waals surface area contributed by atoms with E-state index in [-0.39, 0.29) is 10.8 Å². The first-order valence-electron chi connectivity index (χ1n) is 9.78. The Morgan fingerprint density at radius 1 is 0.968 bits per heavy atom. The number of pyridine rings is 1. The van der Waals surface area contributed by atoms with Crippen LogP contribution in [0.3, 0.4) is 0 Å². The summed E-state index contributed by atoms with van der Waals surface area (Å²) in [5.74, 6) is -0.312. The van der Waals surface area contributed by atoms with Crippen molar-refractivity contribution in [2.75, 3.05) is 5.32 Å². The van der Waals surface area contributed by atoms with E-state index in [0.717, 1.165) is 17.4 Å². The van der Waals surface area contributed by atoms with Gasteiger partial charge in [-0.15, -0.1) is 0 Å². The van der Waals surface area contributed by atoms with Gasteiger partial charge < -0.3 is 5.32 Å². The van der Waals surface area contributed by atoms with Gasteiger partial charge in [-0.25, -0.2) is 18.5 Å². The van der Waals surface area contributed by atoms with E-state index in [9.17, 15) is 13.2 Å². The van der Waals surface area contributed by atoms with Crippen LogP contribution in [0, 0.1) is 0 Å². The monoisotopic (exact) mass is 431 g/mol. The zero-order chi connectivity index (χ0) is 22.0. The number of carbonyl (C=O) groups is 1. The number of para-hydroxylation sites is 1. The average molecular weight is 432 g/mol. The number of fused-ring (bicyclic) bond motifs is 1. The second kappa shape index (κ2) is 8.29. The van der Waals surface area contributed by atoms with Gasteiger partial charge in [-0.3, -0.25) is 4.79 Å². The Balaban J connectivity index is 1.72. The SMILES string of the molecule is CCc1ccc(-c2cc(C(=O)Nc3ccc(S(N)(=O)=O)cc3)c3ccccc3n2)cc1. The van der Waals surface area contributed by atoms with E-state index in [2.05, 4.69) is 24.4 Å². The van der Waals surface area contributed by atoms with Gasteiger partial charge in [0.1, 0.15) is 0 Å². The number of carbonyl (C=O) groups excluding carboxylic acids is 1. The van der Waals surface area contributed by atoms with E-state index in [1.807, 2.05) is 36.4 Å². The van der Waals surface area contributed by atoms with Crippen LogP contribution in [-0.2, 0) is 16.4 Å². The van der Waals surface area contributed by atoms with Crippen LogP contribution >= 0.6 is 0 Å². The Morgan fingerprint density at radius 2 is 1.65 bits per heavy atom. The minimum Gasteiger partial charge on any atom is -0.322 e. The summed E-state index contributed by atoms with van der Waals surface area (Å²) in [6, 6.07) is 23.1. The normalized spacial score (nSPS) is 11.4. The number of aromatic nitrogens is 1. The highest BCUT2D eigenvalue weighted by Crippen LogP contribution is 2.26. The third kappa shape index (κ3) is 4.47. The molecular weight excluding hydrogens is 410 g/mol. The smallest absolute Gasteiger partial charge is 0.256 e. The van der Waals surface area contributed by atoms with Crippen LogP contribution < -0.4 is 10.5 Å². The molecule has 4 rings (SSSR count). The number of primary sulfonamides is 1. The molecular formula is C24H21N3O3S. The second-order valence-electron chi connectivity index (χ2n) is 7.15. The Morgan fingerprint density at radius 3 is 2.29 bits per heavy atom. The molecule has 1 aromatic heterocycles. The molecule has 0 aliphatic carbocycles. The molecule has 0 unspecified atom stereocenters. The lowest BCUT2D eigenvalue weighted by Gasteiger charge is -2.11. The van der Waals surface area contributed by atoms with E-state index in [4.69, 9.17) is 10.1 Å². The second-order valence-corrected chi connectivity index (χ2v) is 8.71. The number of rotatable bonds is 5. The van der Waals surface area contributed by atoms with Crippen molar-refractivity contribution in [1.29, 1.82) is 0 Å². The van der Waals surface area contributed by atoms with Crippen molar-refractivity contribution < 1.29 is 13.2 Å². The zero-order valence-electron chi connectivity index (χ0n) is 16.9. The standard InChI is InChI=1S/C24H21N3O3S/c1-2-16-7-9-17(10-8-16)23-15-21(20-5-3-4-6-22(20)27-23)24(28)26-18-11-13-19(14-12-18)31(25,29)30/h3-15H,2H2,1H3,(H,26,28)(H2,25,29,30). The summed E-state index contributed by atoms with van der Waals surface area (Å²) < 4.78 is 22.9. The van der Waals surface area contributed by atoms with Gasteiger partial charge in [-0.1, -0.05) is 49.4 Å². The number of nitrogens with two attached hydrogens (primary N) is 1. The van der Waals surface area contributed by atoms with E-state index < -0.39 is 10.0 Å². The van der Waals surface area contributed by atoms with Gasteiger partial charge in [0.05, 0.1) is 21.7 Å². The van der Waals surface area contributed by atoms with E-state index in [1.165, 1.54) is 29.8 Å². The first kappa shape index (κ1) is 20.7. The number of nitrogens with one attached hydrogen (secondary N) is 1. The summed E-state index contributed by atoms with van der Waals surface area (Å²) in [6.07, 6.45) is 0.948. The number of hydrogen-bond acceptors (Lipinski definition) is 4. The van der Waals surface area contributed by atoms with Crippen LogP contribution in [0.5, 0.6) is 0 Å². The van der Waals surface area contributed by atoms with Crippen molar-refractivity contribution in [3.63, 3.8) is 0 Å². The predicted octanol–water partition coefficient (Wildman–Crippen LogP) is 4.36. The van der Waals surface area contributed by atoms with E-state index in [1.54, 1.807) is 6.07 Å². The summed E-state index contributed by atoms with van der Waals surface area (Å²) in [5, 5.41) is 8.68. The largest absolute Gasteiger partial charge is 0.322 e. The fourth-order valence-electron chi connectivity index (χ4n) is 3.35. The van der Waals surface area contributed by atoms with Crippen LogP contribution in [0.15, 0.2) is 83.8 Å². The van der Waals surface area contributed by atoms with Crippen molar-refractivity contribution in [1.82, 2.24) is 4.98 Å². The Bertz CT molecular complexity index is 1360. The molecule has 156 valence electrons. The van der Waals surface area contributed by atoms with Gasteiger partial charge in [0.15, 0.2) is 0 Å². The summed E-state index contributed by atoms with van der Waals surface area (Å²) in [7, 11) is -3.79. The molecule has 7 heteroatoms. The van der Waals surface area contributed by atoms with Crippen molar-refractivity contribution in [2.24, 2.45) is 5.14 Å². The molecule has 0 spiro atoms. The number of aryl methyl sites for hydroxylation is 1. The molecule has 0 radical (unpaired) electrons. The number of hydrogen-bond donors (Lipinski definition) is 2. The molecule has 4 aromatic rings. The number of nitrogens with zero attached hydrogens (tertiary/aromatic N) is 1. The molecule has 3 N–H and O–H groups in total. The quantitative estimate of drug-likeness (QED) is 0.490. The first-order chi connectivity index (χ1) is 14.8. The molecule has 0 fully saturated rings. The fourth-order valence-corrected chi connectivity index (χ4v) is 3.86. The number of amides is 1. The van der Waals surface area contributed by atoms with Gasteiger partial charge >= 0.3 is 0 Å². The maximum atomic E-state index is 13.1. The molecule has 6 nitrogen and oxygen atoms in total. The van der Waals surface area contributed by atoms with Crippen LogP contribution in [-0.4, -0.2) is 19.3 Å². The Labute approximate surface area is 180 Å². The Kier molecular flexibility index (Phi) is 5.54. The number of benzene rings is 3. The molecule has 0 bridgehead atoms. The highest BCUT2D eigenvalue weighted by Gasteiger charge is 2.15. The third-order valence-corrected chi connectivity index (χ3v) is 5.99. The molecule has 1 amide bonds. The van der Waals surface area contributed by atoms with Crippen LogP contribution in [0.2, 0.25) is 0 Å². The minimum absolute atomic E-state index is 0.0160. The van der Waals surface area contributed by atoms with Gasteiger partial charge in [-0.2, -0.15) is 0 Å². The summed E-state index contributed by atoms with van der Waals surface area (Å²) >= 11 is 0. The van der Waals surface area contributed by atoms with Crippen molar-refractivity contribution in [2.45, 2.75) is 18.2 Å². The average Bonchev–Trinajstić information content (AvgIpc) is 2.78. The Hall–Kier alpha value is -3.55. The zero-order valence-corrected chi connectivity index (χ0v) is 17.7. The fraction of sp³-hybridized carbons (Fsp3) is 0.0833. The van der Waals surface area contributed by atoms with E-state index in [0.29, 0.717) is 22.5 Å². The van der Waals surface area contributed by atoms with Gasteiger partial charge in [0, 0.05) is 16.6 Å². The molecule has 0 aliphatic rings. The van der Waals surface area contributed by atoms with Crippen LogP contribution in [0.4, 0.5) is 5.69 Å². The maximum absolute atomic E-state index is 13.1. The lowest BCUT2D eigenvalue weighted by Crippen LogP contribution is -2.14.